The van der Waals surface area contributed by atoms with Crippen molar-refractivity contribution in [2.24, 2.45) is 5.41 Å². The Morgan fingerprint density at radius 3 is 2.21 bits per heavy atom. The fourth-order valence-electron chi connectivity index (χ4n) is 4.61. The van der Waals surface area contributed by atoms with E-state index < -0.39 is 10.0 Å². The quantitative estimate of drug-likeness (QED) is 0.791. The monoisotopic (exact) mass is 416 g/mol. The van der Waals surface area contributed by atoms with Gasteiger partial charge in [0.2, 0.25) is 10.0 Å². The van der Waals surface area contributed by atoms with E-state index in [2.05, 4.69) is 5.32 Å². The molecule has 0 radical (unpaired) electrons. The molecule has 0 bridgehead atoms. The number of rotatable bonds is 4. The number of piperidine rings is 1. The van der Waals surface area contributed by atoms with Crippen LogP contribution >= 0.6 is 0 Å². The second-order valence-electron chi connectivity index (χ2n) is 8.35. The van der Waals surface area contributed by atoms with Crippen LogP contribution in [0.4, 0.5) is 5.69 Å². The fourth-order valence-corrected chi connectivity index (χ4v) is 6.05. The van der Waals surface area contributed by atoms with Gasteiger partial charge in [0.15, 0.2) is 5.76 Å². The third-order valence-corrected chi connectivity index (χ3v) is 8.32. The zero-order valence-corrected chi connectivity index (χ0v) is 17.6. The third kappa shape index (κ3) is 4.26. The summed E-state index contributed by atoms with van der Waals surface area (Å²) < 4.78 is 33.0. The van der Waals surface area contributed by atoms with Gasteiger partial charge in [-0.15, -0.1) is 0 Å². The number of hydrogen-bond donors (Lipinski definition) is 1. The highest BCUT2D eigenvalue weighted by molar-refractivity contribution is 7.89. The minimum Gasteiger partial charge on any atom is -0.456 e. The van der Waals surface area contributed by atoms with Crippen LogP contribution in [0.3, 0.4) is 0 Å². The molecule has 2 aromatic rings. The number of sulfonamides is 1. The van der Waals surface area contributed by atoms with E-state index in [0.29, 0.717) is 30.0 Å². The summed E-state index contributed by atoms with van der Waals surface area (Å²) >= 11 is 0. The van der Waals surface area contributed by atoms with E-state index in [1.54, 1.807) is 47.6 Å². The zero-order valence-electron chi connectivity index (χ0n) is 16.8. The molecule has 1 aliphatic heterocycles. The van der Waals surface area contributed by atoms with Crippen LogP contribution in [0.5, 0.6) is 0 Å². The number of nitrogens with zero attached hydrogens (tertiary/aromatic N) is 1. The molecule has 2 aliphatic rings. The Bertz CT molecular complexity index is 962. The van der Waals surface area contributed by atoms with Crippen molar-refractivity contribution in [2.75, 3.05) is 18.4 Å². The van der Waals surface area contributed by atoms with E-state index in [0.717, 1.165) is 12.8 Å². The summed E-state index contributed by atoms with van der Waals surface area (Å²) in [5, 5.41) is 2.73. The van der Waals surface area contributed by atoms with E-state index >= 15 is 0 Å². The predicted octanol–water partition coefficient (Wildman–Crippen LogP) is 4.58. The van der Waals surface area contributed by atoms with E-state index in [4.69, 9.17) is 4.42 Å². The largest absolute Gasteiger partial charge is 0.456 e. The fraction of sp³-hybridized carbons (Fsp3) is 0.500. The number of nitrogens with one attached hydrogen (secondary N) is 1. The first-order valence-electron chi connectivity index (χ1n) is 10.4. The molecule has 29 heavy (non-hydrogen) atoms. The number of carbonyl (C=O) groups excluding carboxylic acids is 1. The van der Waals surface area contributed by atoms with Gasteiger partial charge in [-0.25, -0.2) is 8.42 Å². The molecule has 1 saturated carbocycles. The molecule has 1 aromatic heterocycles. The minimum atomic E-state index is -3.51. The lowest BCUT2D eigenvalue weighted by molar-refractivity contribution is 0.0995. The van der Waals surface area contributed by atoms with Crippen molar-refractivity contribution in [3.05, 3.63) is 47.9 Å². The first-order chi connectivity index (χ1) is 13.9. The SMILES string of the molecule is Cc1ccc(C(=O)Nc2ccc(S(=O)(=O)N3CCC4(CCCCC4)CC3)cc2)o1. The molecule has 156 valence electrons. The highest BCUT2D eigenvalue weighted by Crippen LogP contribution is 2.45. The molecule has 4 rings (SSSR count). The molecule has 0 unspecified atom stereocenters. The van der Waals surface area contributed by atoms with E-state index in [-0.39, 0.29) is 16.6 Å². The summed E-state index contributed by atoms with van der Waals surface area (Å²) in [5.74, 6) is 0.528. The predicted molar refractivity (Wildman–Crippen MR) is 111 cm³/mol. The molecule has 0 atom stereocenters. The maximum atomic E-state index is 13.0. The Morgan fingerprint density at radius 2 is 1.62 bits per heavy atom. The van der Waals surface area contributed by atoms with Crippen LogP contribution in [0, 0.1) is 12.3 Å². The Kier molecular flexibility index (Phi) is 5.53. The van der Waals surface area contributed by atoms with Crippen molar-refractivity contribution >= 4 is 21.6 Å². The Balaban J connectivity index is 1.41. The summed E-state index contributed by atoms with van der Waals surface area (Å²) in [4.78, 5) is 12.4. The Morgan fingerprint density at radius 1 is 0.966 bits per heavy atom. The van der Waals surface area contributed by atoms with Gasteiger partial charge in [0.05, 0.1) is 4.90 Å². The molecule has 2 fully saturated rings. The van der Waals surface area contributed by atoms with Crippen molar-refractivity contribution in [2.45, 2.75) is 56.8 Å². The highest BCUT2D eigenvalue weighted by Gasteiger charge is 2.38. The molecule has 1 aromatic carbocycles. The van der Waals surface area contributed by atoms with Crippen molar-refractivity contribution in [3.8, 4) is 0 Å². The molecule has 1 aliphatic carbocycles. The van der Waals surface area contributed by atoms with Gasteiger partial charge >= 0.3 is 0 Å². The van der Waals surface area contributed by atoms with Gasteiger partial charge in [0, 0.05) is 18.8 Å². The Hall–Kier alpha value is -2.12. The number of carbonyl (C=O) groups is 1. The van der Waals surface area contributed by atoms with Gasteiger partial charge < -0.3 is 9.73 Å². The van der Waals surface area contributed by atoms with Crippen LogP contribution < -0.4 is 5.32 Å². The summed E-state index contributed by atoms with van der Waals surface area (Å²) in [6.45, 7) is 2.96. The number of amides is 1. The van der Waals surface area contributed by atoms with Crippen LogP contribution in [0.25, 0.3) is 0 Å². The molecule has 6 nitrogen and oxygen atoms in total. The van der Waals surface area contributed by atoms with Gasteiger partial charge in [0.1, 0.15) is 5.76 Å². The van der Waals surface area contributed by atoms with Gasteiger partial charge in [-0.1, -0.05) is 19.3 Å². The number of furan rings is 1. The van der Waals surface area contributed by atoms with Gasteiger partial charge in [-0.2, -0.15) is 4.31 Å². The molecular weight excluding hydrogens is 388 g/mol. The summed E-state index contributed by atoms with van der Waals surface area (Å²) in [6, 6.07) is 9.69. The molecule has 2 heterocycles. The van der Waals surface area contributed by atoms with Crippen LogP contribution in [-0.4, -0.2) is 31.7 Å². The van der Waals surface area contributed by atoms with Crippen molar-refractivity contribution in [3.63, 3.8) is 0 Å². The van der Waals surface area contributed by atoms with Crippen LogP contribution in [0.2, 0.25) is 0 Å². The maximum absolute atomic E-state index is 13.0. The van der Waals surface area contributed by atoms with E-state index in [9.17, 15) is 13.2 Å². The maximum Gasteiger partial charge on any atom is 0.291 e. The van der Waals surface area contributed by atoms with Crippen LogP contribution in [0.1, 0.15) is 61.3 Å². The average Bonchev–Trinajstić information content (AvgIpc) is 3.16. The molecular formula is C22H28N2O4S. The number of anilines is 1. The number of benzene rings is 1. The Labute approximate surface area is 172 Å². The van der Waals surface area contributed by atoms with Crippen molar-refractivity contribution in [1.82, 2.24) is 4.31 Å². The number of aryl methyl sites for hydroxylation is 1. The van der Waals surface area contributed by atoms with Crippen LogP contribution in [0.15, 0.2) is 45.7 Å². The smallest absolute Gasteiger partial charge is 0.291 e. The third-order valence-electron chi connectivity index (χ3n) is 6.41. The lowest BCUT2D eigenvalue weighted by Gasteiger charge is -2.43. The van der Waals surface area contributed by atoms with Gasteiger partial charge in [0.25, 0.3) is 5.91 Å². The standard InChI is InChI=1S/C22H28N2O4S/c1-17-5-10-20(28-17)21(25)23-18-6-8-19(9-7-18)29(26,27)24-15-13-22(14-16-24)11-3-2-4-12-22/h5-10H,2-4,11-16H2,1H3,(H,23,25). The normalized spacial score (nSPS) is 19.9. The first-order valence-corrected chi connectivity index (χ1v) is 11.8. The zero-order chi connectivity index (χ0) is 20.5. The molecule has 1 spiro atoms. The average molecular weight is 417 g/mol. The molecule has 7 heteroatoms. The molecule has 1 saturated heterocycles. The van der Waals surface area contributed by atoms with Crippen molar-refractivity contribution in [1.29, 1.82) is 0 Å². The second-order valence-corrected chi connectivity index (χ2v) is 10.3. The lowest BCUT2D eigenvalue weighted by Crippen LogP contribution is -2.43. The van der Waals surface area contributed by atoms with Crippen LogP contribution in [-0.2, 0) is 10.0 Å². The second kappa shape index (κ2) is 7.95. The lowest BCUT2D eigenvalue weighted by atomic mass is 9.68. The number of hydrogen-bond acceptors (Lipinski definition) is 4. The molecule has 1 N–H and O–H groups in total. The highest BCUT2D eigenvalue weighted by atomic mass is 32.2. The summed E-state index contributed by atoms with van der Waals surface area (Å²) in [6.07, 6.45) is 8.27. The topological polar surface area (TPSA) is 79.6 Å². The van der Waals surface area contributed by atoms with Crippen molar-refractivity contribution < 1.29 is 17.6 Å². The summed E-state index contributed by atoms with van der Waals surface area (Å²) in [5.41, 5.74) is 0.894. The van der Waals surface area contributed by atoms with Gasteiger partial charge in [-0.3, -0.25) is 4.79 Å². The van der Waals surface area contributed by atoms with Gasteiger partial charge in [-0.05, 0) is 74.4 Å². The molecule has 1 amide bonds. The van der Waals surface area contributed by atoms with E-state index in [1.165, 1.54) is 32.1 Å². The first kappa shape index (κ1) is 20.2. The minimum absolute atomic E-state index is 0.226. The summed E-state index contributed by atoms with van der Waals surface area (Å²) in [7, 11) is -3.51. The van der Waals surface area contributed by atoms with E-state index in [1.807, 2.05) is 0 Å².